The molecular formula is C7H13NO2. The maximum Gasteiger partial charge on any atom is 0.306 e. The largest absolute Gasteiger partial charge is 0.460 e. The zero-order chi connectivity index (χ0) is 7.82. The van der Waals surface area contributed by atoms with Gasteiger partial charge in [-0.05, 0) is 6.42 Å². The molecule has 0 fully saturated rings. The average molecular weight is 143 g/mol. The molecule has 58 valence electrons. The Kier molecular flexibility index (Phi) is 5.72. The molecule has 0 rings (SSSR count). The van der Waals surface area contributed by atoms with Crippen LogP contribution in [0.5, 0.6) is 0 Å². The molecule has 10 heavy (non-hydrogen) atoms. The maximum atomic E-state index is 10.6. The first-order valence-corrected chi connectivity index (χ1v) is 3.37. The quantitative estimate of drug-likeness (QED) is 0.435. The number of rotatable bonds is 4. The summed E-state index contributed by atoms with van der Waals surface area (Å²) in [5.41, 5.74) is 0. The van der Waals surface area contributed by atoms with Crippen LogP contribution in [0.4, 0.5) is 0 Å². The van der Waals surface area contributed by atoms with Crippen molar-refractivity contribution in [2.45, 2.75) is 19.8 Å². The van der Waals surface area contributed by atoms with E-state index in [4.69, 9.17) is 4.74 Å². The molecule has 0 aliphatic rings. The molecule has 0 N–H and O–H groups in total. The molecule has 0 aromatic rings. The van der Waals surface area contributed by atoms with Crippen LogP contribution in [0, 0.1) is 0 Å². The lowest BCUT2D eigenvalue weighted by molar-refractivity contribution is -0.141. The first kappa shape index (κ1) is 9.14. The van der Waals surface area contributed by atoms with Crippen molar-refractivity contribution in [3.8, 4) is 0 Å². The number of ether oxygens (including phenoxy) is 1. The van der Waals surface area contributed by atoms with Crippen molar-refractivity contribution in [1.82, 2.24) is 0 Å². The van der Waals surface area contributed by atoms with E-state index in [9.17, 15) is 4.79 Å². The van der Waals surface area contributed by atoms with Gasteiger partial charge in [-0.1, -0.05) is 6.92 Å². The molecule has 0 atom stereocenters. The van der Waals surface area contributed by atoms with Crippen molar-refractivity contribution >= 4 is 12.2 Å². The van der Waals surface area contributed by atoms with Gasteiger partial charge in [0.1, 0.15) is 6.61 Å². The Hall–Kier alpha value is -0.860. The van der Waals surface area contributed by atoms with Gasteiger partial charge in [0.2, 0.25) is 0 Å². The SMILES string of the molecule is CCCC(=O)OCC=NC. The molecule has 3 heteroatoms. The fraction of sp³-hybridized carbons (Fsp3) is 0.714. The molecule has 0 bridgehead atoms. The standard InChI is InChI=1S/C7H13NO2/c1-3-4-7(9)10-6-5-8-2/h5H,3-4,6H2,1-2H3. The third-order valence-electron chi connectivity index (χ3n) is 0.956. The Morgan fingerprint density at radius 2 is 2.40 bits per heavy atom. The van der Waals surface area contributed by atoms with Crippen LogP contribution in [-0.4, -0.2) is 25.8 Å². The molecule has 0 heterocycles. The molecular weight excluding hydrogens is 130 g/mol. The van der Waals surface area contributed by atoms with Gasteiger partial charge in [0.25, 0.3) is 0 Å². The van der Waals surface area contributed by atoms with E-state index in [1.54, 1.807) is 13.3 Å². The van der Waals surface area contributed by atoms with Crippen molar-refractivity contribution in [3.05, 3.63) is 0 Å². The summed E-state index contributed by atoms with van der Waals surface area (Å²) in [5.74, 6) is -0.151. The summed E-state index contributed by atoms with van der Waals surface area (Å²) in [7, 11) is 1.65. The van der Waals surface area contributed by atoms with Gasteiger partial charge in [0.15, 0.2) is 0 Å². The van der Waals surface area contributed by atoms with E-state index in [0.717, 1.165) is 6.42 Å². The highest BCUT2D eigenvalue weighted by Gasteiger charge is 1.96. The fourth-order valence-corrected chi connectivity index (χ4v) is 0.481. The molecule has 0 aromatic heterocycles. The molecule has 0 saturated heterocycles. The monoisotopic (exact) mass is 143 g/mol. The first-order chi connectivity index (χ1) is 4.81. The highest BCUT2D eigenvalue weighted by atomic mass is 16.5. The Bertz CT molecular complexity index is 121. The second kappa shape index (κ2) is 6.26. The minimum Gasteiger partial charge on any atom is -0.460 e. The minimum absolute atomic E-state index is 0.151. The topological polar surface area (TPSA) is 38.7 Å². The molecule has 0 amide bonds. The molecule has 0 aliphatic carbocycles. The Balaban J connectivity index is 3.21. The van der Waals surface area contributed by atoms with Crippen molar-refractivity contribution < 1.29 is 9.53 Å². The van der Waals surface area contributed by atoms with E-state index in [1.165, 1.54) is 0 Å². The average Bonchev–Trinajstić information content (AvgIpc) is 1.89. The highest BCUT2D eigenvalue weighted by molar-refractivity contribution is 5.72. The van der Waals surface area contributed by atoms with Gasteiger partial charge in [0.05, 0.1) is 0 Å². The van der Waals surface area contributed by atoms with E-state index in [-0.39, 0.29) is 5.97 Å². The summed E-state index contributed by atoms with van der Waals surface area (Å²) >= 11 is 0. The van der Waals surface area contributed by atoms with Crippen LogP contribution in [0.1, 0.15) is 19.8 Å². The molecule has 0 aromatic carbocycles. The third-order valence-corrected chi connectivity index (χ3v) is 0.956. The molecule has 0 radical (unpaired) electrons. The molecule has 3 nitrogen and oxygen atoms in total. The lowest BCUT2D eigenvalue weighted by Crippen LogP contribution is -2.05. The van der Waals surface area contributed by atoms with Gasteiger partial charge >= 0.3 is 5.97 Å². The van der Waals surface area contributed by atoms with Gasteiger partial charge in [0, 0.05) is 19.7 Å². The normalized spacial score (nSPS) is 10.2. The second-order valence-electron chi connectivity index (χ2n) is 1.87. The number of nitrogens with zero attached hydrogens (tertiary/aromatic N) is 1. The first-order valence-electron chi connectivity index (χ1n) is 3.37. The van der Waals surface area contributed by atoms with E-state index in [0.29, 0.717) is 13.0 Å². The van der Waals surface area contributed by atoms with Gasteiger partial charge in [-0.15, -0.1) is 0 Å². The predicted octanol–water partition coefficient (Wildman–Crippen LogP) is 1.03. The summed E-state index contributed by atoms with van der Waals surface area (Å²) in [6.07, 6.45) is 2.90. The molecule has 0 spiro atoms. The number of hydrogen-bond acceptors (Lipinski definition) is 3. The number of carbonyl (C=O) groups is 1. The summed E-state index contributed by atoms with van der Waals surface area (Å²) < 4.78 is 4.73. The van der Waals surface area contributed by atoms with E-state index >= 15 is 0 Å². The van der Waals surface area contributed by atoms with E-state index < -0.39 is 0 Å². The van der Waals surface area contributed by atoms with Crippen molar-refractivity contribution in [2.24, 2.45) is 4.99 Å². The van der Waals surface area contributed by atoms with Crippen molar-refractivity contribution in [3.63, 3.8) is 0 Å². The number of carbonyl (C=O) groups excluding carboxylic acids is 1. The van der Waals surface area contributed by atoms with Gasteiger partial charge in [-0.25, -0.2) is 0 Å². The Labute approximate surface area is 61.1 Å². The van der Waals surface area contributed by atoms with Crippen LogP contribution in [-0.2, 0) is 9.53 Å². The molecule has 0 aliphatic heterocycles. The predicted molar refractivity (Wildman–Crippen MR) is 40.3 cm³/mol. The minimum atomic E-state index is -0.151. The Morgan fingerprint density at radius 3 is 2.90 bits per heavy atom. The maximum absolute atomic E-state index is 10.6. The van der Waals surface area contributed by atoms with E-state index in [1.807, 2.05) is 6.92 Å². The third kappa shape index (κ3) is 5.28. The zero-order valence-corrected chi connectivity index (χ0v) is 6.46. The molecule has 0 saturated carbocycles. The highest BCUT2D eigenvalue weighted by Crippen LogP contribution is 1.89. The Morgan fingerprint density at radius 1 is 1.70 bits per heavy atom. The summed E-state index contributed by atoms with van der Waals surface area (Å²) in [6.45, 7) is 2.24. The number of hydrogen-bond donors (Lipinski definition) is 0. The van der Waals surface area contributed by atoms with Crippen LogP contribution in [0.25, 0.3) is 0 Å². The number of esters is 1. The van der Waals surface area contributed by atoms with E-state index in [2.05, 4.69) is 4.99 Å². The van der Waals surface area contributed by atoms with Gasteiger partial charge in [-0.3, -0.25) is 9.79 Å². The van der Waals surface area contributed by atoms with Gasteiger partial charge < -0.3 is 4.74 Å². The van der Waals surface area contributed by atoms with Crippen LogP contribution < -0.4 is 0 Å². The van der Waals surface area contributed by atoms with Crippen molar-refractivity contribution in [2.75, 3.05) is 13.7 Å². The van der Waals surface area contributed by atoms with Crippen LogP contribution in [0.15, 0.2) is 4.99 Å². The summed E-state index contributed by atoms with van der Waals surface area (Å²) in [4.78, 5) is 14.3. The van der Waals surface area contributed by atoms with Gasteiger partial charge in [-0.2, -0.15) is 0 Å². The van der Waals surface area contributed by atoms with Crippen molar-refractivity contribution in [1.29, 1.82) is 0 Å². The van der Waals surface area contributed by atoms with Crippen LogP contribution >= 0.6 is 0 Å². The number of aliphatic imine (C=N–C) groups is 1. The van der Waals surface area contributed by atoms with Crippen LogP contribution in [0.2, 0.25) is 0 Å². The summed E-state index contributed by atoms with van der Waals surface area (Å²) in [6, 6.07) is 0. The smallest absolute Gasteiger partial charge is 0.306 e. The second-order valence-corrected chi connectivity index (χ2v) is 1.87. The lowest BCUT2D eigenvalue weighted by Gasteiger charge is -1.97. The van der Waals surface area contributed by atoms with Crippen LogP contribution in [0.3, 0.4) is 0 Å². The summed E-state index contributed by atoms with van der Waals surface area (Å²) in [5, 5.41) is 0. The lowest BCUT2D eigenvalue weighted by atomic mass is 10.3. The fourth-order valence-electron chi connectivity index (χ4n) is 0.481. The molecule has 0 unspecified atom stereocenters. The zero-order valence-electron chi connectivity index (χ0n) is 6.46.